The van der Waals surface area contributed by atoms with E-state index in [1.54, 1.807) is 17.4 Å². The molecule has 0 bridgehead atoms. The summed E-state index contributed by atoms with van der Waals surface area (Å²) >= 11 is 7.34. The summed E-state index contributed by atoms with van der Waals surface area (Å²) in [4.78, 5) is 14.9. The second-order valence-corrected chi connectivity index (χ2v) is 7.32. The highest BCUT2D eigenvalue weighted by molar-refractivity contribution is 7.80. The van der Waals surface area contributed by atoms with Crippen molar-refractivity contribution in [2.24, 2.45) is 0 Å². The largest absolute Gasteiger partial charge is 0.477 e. The van der Waals surface area contributed by atoms with E-state index in [9.17, 15) is 4.79 Å². The van der Waals surface area contributed by atoms with Crippen LogP contribution in [-0.2, 0) is 6.42 Å². The molecule has 0 aliphatic heterocycles. The van der Waals surface area contributed by atoms with Crippen molar-refractivity contribution in [2.75, 3.05) is 5.75 Å². The molecule has 20 heavy (non-hydrogen) atoms. The van der Waals surface area contributed by atoms with Crippen molar-refractivity contribution in [1.82, 2.24) is 0 Å². The lowest BCUT2D eigenvalue weighted by Gasteiger charge is -1.98. The lowest BCUT2D eigenvalue weighted by atomic mass is 10.1. The molecule has 2 rings (SSSR count). The van der Waals surface area contributed by atoms with Gasteiger partial charge in [0.2, 0.25) is 0 Å². The molecule has 2 nitrogen and oxygen atoms in total. The zero-order chi connectivity index (χ0) is 14.4. The van der Waals surface area contributed by atoms with Crippen LogP contribution >= 0.6 is 35.3 Å². The molecule has 0 amide bonds. The summed E-state index contributed by atoms with van der Waals surface area (Å²) in [6.45, 7) is 0. The molecule has 0 aromatic carbocycles. The molecule has 2 aromatic rings. The summed E-state index contributed by atoms with van der Waals surface area (Å²) in [6, 6.07) is 7.85. The van der Waals surface area contributed by atoms with Gasteiger partial charge in [-0.15, -0.1) is 22.7 Å². The van der Waals surface area contributed by atoms with Crippen LogP contribution in [0.1, 0.15) is 40.2 Å². The second-order valence-electron chi connectivity index (χ2n) is 4.62. The summed E-state index contributed by atoms with van der Waals surface area (Å²) in [5.41, 5.74) is 0. The Kier molecular flexibility index (Phi) is 6.13. The molecule has 0 fully saturated rings. The number of rotatable bonds is 8. The highest BCUT2D eigenvalue weighted by Gasteiger charge is 2.10. The van der Waals surface area contributed by atoms with E-state index in [0.717, 1.165) is 17.1 Å². The van der Waals surface area contributed by atoms with Crippen LogP contribution in [0, 0.1) is 0 Å². The van der Waals surface area contributed by atoms with E-state index < -0.39 is 5.97 Å². The first-order valence-corrected chi connectivity index (χ1v) is 9.00. The number of aromatic carboxylic acids is 1. The molecule has 0 unspecified atom stereocenters. The van der Waals surface area contributed by atoms with Gasteiger partial charge in [-0.25, -0.2) is 4.79 Å². The fraction of sp³-hybridized carbons (Fsp3) is 0.400. The number of thiol groups is 1. The SMILES string of the molecule is O=C(O)c1ccc(-c2ccc(CCCCCCS)s2)s1. The van der Waals surface area contributed by atoms with Gasteiger partial charge in [0.05, 0.1) is 0 Å². The van der Waals surface area contributed by atoms with Gasteiger partial charge in [-0.3, -0.25) is 0 Å². The predicted octanol–water partition coefficient (Wildman–Crippen LogP) is 5.21. The third kappa shape index (κ3) is 4.36. The Labute approximate surface area is 132 Å². The van der Waals surface area contributed by atoms with E-state index in [1.807, 2.05) is 6.07 Å². The summed E-state index contributed by atoms with van der Waals surface area (Å²) in [6.07, 6.45) is 6.06. The molecule has 0 saturated carbocycles. The van der Waals surface area contributed by atoms with E-state index in [0.29, 0.717) is 4.88 Å². The van der Waals surface area contributed by atoms with Gasteiger partial charge in [0, 0.05) is 14.6 Å². The molecule has 0 atom stereocenters. The van der Waals surface area contributed by atoms with E-state index in [4.69, 9.17) is 5.11 Å². The van der Waals surface area contributed by atoms with E-state index in [1.165, 1.54) is 46.8 Å². The topological polar surface area (TPSA) is 37.3 Å². The number of thiophene rings is 2. The molecule has 0 radical (unpaired) electrons. The van der Waals surface area contributed by atoms with E-state index in [-0.39, 0.29) is 0 Å². The van der Waals surface area contributed by atoms with Crippen LogP contribution in [0.4, 0.5) is 0 Å². The third-order valence-corrected chi connectivity index (χ3v) is 5.78. The minimum absolute atomic E-state index is 0.404. The Hall–Kier alpha value is -0.780. The van der Waals surface area contributed by atoms with Gasteiger partial charge in [0.25, 0.3) is 0 Å². The Morgan fingerprint density at radius 1 is 1.00 bits per heavy atom. The monoisotopic (exact) mass is 326 g/mol. The fourth-order valence-electron chi connectivity index (χ4n) is 1.99. The smallest absolute Gasteiger partial charge is 0.345 e. The van der Waals surface area contributed by atoms with Gasteiger partial charge in [-0.2, -0.15) is 12.6 Å². The van der Waals surface area contributed by atoms with Gasteiger partial charge in [0.15, 0.2) is 0 Å². The normalized spacial score (nSPS) is 10.8. The first kappa shape index (κ1) is 15.6. The standard InChI is InChI=1S/C15H18O2S3/c16-15(17)14-9-8-13(20-14)12-7-6-11(19-12)5-3-1-2-4-10-18/h6-9,18H,1-5,10H2,(H,16,17). The van der Waals surface area contributed by atoms with Gasteiger partial charge in [0.1, 0.15) is 4.88 Å². The van der Waals surface area contributed by atoms with Crippen molar-refractivity contribution in [3.8, 4) is 9.75 Å². The first-order valence-electron chi connectivity index (χ1n) is 6.74. The lowest BCUT2D eigenvalue weighted by Crippen LogP contribution is -1.89. The quantitative estimate of drug-likeness (QED) is 0.516. The number of aryl methyl sites for hydroxylation is 1. The van der Waals surface area contributed by atoms with E-state index >= 15 is 0 Å². The van der Waals surface area contributed by atoms with Gasteiger partial charge in [-0.1, -0.05) is 12.8 Å². The van der Waals surface area contributed by atoms with Crippen LogP contribution in [0.25, 0.3) is 9.75 Å². The third-order valence-electron chi connectivity index (χ3n) is 3.05. The maximum atomic E-state index is 10.9. The molecule has 1 N–H and O–H groups in total. The Morgan fingerprint density at radius 2 is 1.70 bits per heavy atom. The average molecular weight is 327 g/mol. The molecule has 2 aromatic heterocycles. The molecule has 0 aliphatic rings. The summed E-state index contributed by atoms with van der Waals surface area (Å²) in [5.74, 6) is 0.134. The van der Waals surface area contributed by atoms with Crippen molar-refractivity contribution < 1.29 is 9.90 Å². The van der Waals surface area contributed by atoms with Crippen LogP contribution in [0.5, 0.6) is 0 Å². The van der Waals surface area contributed by atoms with Crippen LogP contribution in [0.3, 0.4) is 0 Å². The highest BCUT2D eigenvalue weighted by atomic mass is 32.1. The summed E-state index contributed by atoms with van der Waals surface area (Å²) in [5, 5.41) is 8.95. The fourth-order valence-corrected chi connectivity index (χ4v) is 4.20. The number of hydrogen-bond acceptors (Lipinski definition) is 4. The van der Waals surface area contributed by atoms with Crippen LogP contribution in [-0.4, -0.2) is 16.8 Å². The first-order chi connectivity index (χ1) is 9.70. The van der Waals surface area contributed by atoms with E-state index in [2.05, 4.69) is 24.8 Å². The Bertz CT molecular complexity index is 557. The highest BCUT2D eigenvalue weighted by Crippen LogP contribution is 2.34. The van der Waals surface area contributed by atoms with Crippen molar-refractivity contribution in [1.29, 1.82) is 0 Å². The zero-order valence-electron chi connectivity index (χ0n) is 11.2. The minimum atomic E-state index is -0.845. The molecule has 0 spiro atoms. The van der Waals surface area contributed by atoms with Crippen LogP contribution < -0.4 is 0 Å². The number of hydrogen-bond donors (Lipinski definition) is 2. The van der Waals surface area contributed by atoms with Crippen molar-refractivity contribution in [3.05, 3.63) is 34.0 Å². The van der Waals surface area contributed by atoms with Crippen molar-refractivity contribution >= 4 is 41.3 Å². The molecular weight excluding hydrogens is 308 g/mol. The number of unbranched alkanes of at least 4 members (excludes halogenated alkanes) is 3. The van der Waals surface area contributed by atoms with Crippen molar-refractivity contribution in [3.63, 3.8) is 0 Å². The number of carbonyl (C=O) groups is 1. The molecule has 0 saturated heterocycles. The molecular formula is C15H18O2S3. The second kappa shape index (κ2) is 7.86. The lowest BCUT2D eigenvalue weighted by molar-refractivity contribution is 0.0702. The molecule has 2 heterocycles. The van der Waals surface area contributed by atoms with Crippen molar-refractivity contribution in [2.45, 2.75) is 32.1 Å². The molecule has 5 heteroatoms. The maximum absolute atomic E-state index is 10.9. The predicted molar refractivity (Wildman–Crippen MR) is 90.6 cm³/mol. The Morgan fingerprint density at radius 3 is 2.40 bits per heavy atom. The number of carboxylic acid groups (broad SMARTS) is 1. The molecule has 108 valence electrons. The summed E-state index contributed by atoms with van der Waals surface area (Å²) < 4.78 is 0. The number of carboxylic acids is 1. The van der Waals surface area contributed by atoms with Gasteiger partial charge in [-0.05, 0) is 49.3 Å². The maximum Gasteiger partial charge on any atom is 0.345 e. The summed E-state index contributed by atoms with van der Waals surface area (Å²) in [7, 11) is 0. The minimum Gasteiger partial charge on any atom is -0.477 e. The Balaban J connectivity index is 1.89. The average Bonchev–Trinajstić information content (AvgIpc) is 3.07. The van der Waals surface area contributed by atoms with Crippen LogP contribution in [0.2, 0.25) is 0 Å². The van der Waals surface area contributed by atoms with Crippen LogP contribution in [0.15, 0.2) is 24.3 Å². The van der Waals surface area contributed by atoms with Gasteiger partial charge < -0.3 is 5.11 Å². The zero-order valence-corrected chi connectivity index (χ0v) is 13.7. The van der Waals surface area contributed by atoms with Gasteiger partial charge >= 0.3 is 5.97 Å². The molecule has 0 aliphatic carbocycles.